The number of carbonyl (C=O) groups excluding carboxylic acids is 1. The fourth-order valence-electron chi connectivity index (χ4n) is 2.06. The molecule has 0 aliphatic heterocycles. The van der Waals surface area contributed by atoms with Gasteiger partial charge in [-0.1, -0.05) is 46.9 Å². The van der Waals surface area contributed by atoms with E-state index in [9.17, 15) is 4.79 Å². The number of benzene rings is 2. The highest BCUT2D eigenvalue weighted by Gasteiger charge is 2.06. The Labute approximate surface area is 150 Å². The van der Waals surface area contributed by atoms with Gasteiger partial charge in [0.15, 0.2) is 0 Å². The predicted molar refractivity (Wildman–Crippen MR) is 97.7 cm³/mol. The molecule has 0 fully saturated rings. The maximum atomic E-state index is 11.9. The average Bonchev–Trinajstić information content (AvgIpc) is 2.51. The number of hydrogen-bond acceptors (Lipinski definition) is 2. The van der Waals surface area contributed by atoms with Crippen LogP contribution in [0.5, 0.6) is 0 Å². The van der Waals surface area contributed by atoms with Crippen LogP contribution in [0.2, 0.25) is 15.1 Å². The Morgan fingerprint density at radius 2 is 1.74 bits per heavy atom. The molecule has 0 unspecified atom stereocenters. The quantitative estimate of drug-likeness (QED) is 0.686. The Balaban J connectivity index is 1.68. The highest BCUT2D eigenvalue weighted by Crippen LogP contribution is 2.25. The van der Waals surface area contributed by atoms with Crippen molar-refractivity contribution in [3.05, 3.63) is 63.1 Å². The first-order valence-electron chi connectivity index (χ1n) is 7.24. The summed E-state index contributed by atoms with van der Waals surface area (Å²) in [4.78, 5) is 11.9. The number of amides is 1. The summed E-state index contributed by atoms with van der Waals surface area (Å²) in [7, 11) is 0. The predicted octanol–water partition coefficient (Wildman–Crippen LogP) is 4.81. The van der Waals surface area contributed by atoms with Crippen LogP contribution < -0.4 is 10.6 Å². The molecular weight excluding hydrogens is 355 g/mol. The molecule has 0 heterocycles. The van der Waals surface area contributed by atoms with Crippen LogP contribution in [0.1, 0.15) is 12.0 Å². The minimum absolute atomic E-state index is 0.107. The first-order valence-corrected chi connectivity index (χ1v) is 8.38. The van der Waals surface area contributed by atoms with Crippen molar-refractivity contribution in [1.29, 1.82) is 0 Å². The molecule has 122 valence electrons. The molecule has 0 bridgehead atoms. The average molecular weight is 372 g/mol. The molecule has 0 aliphatic carbocycles. The Kier molecular flexibility index (Phi) is 7.18. The van der Waals surface area contributed by atoms with Gasteiger partial charge in [-0.05, 0) is 48.9 Å². The summed E-state index contributed by atoms with van der Waals surface area (Å²) in [6.45, 7) is 1.37. The molecule has 0 aromatic heterocycles. The first-order chi connectivity index (χ1) is 11.0. The minimum Gasteiger partial charge on any atom is -0.325 e. The zero-order chi connectivity index (χ0) is 16.7. The lowest BCUT2D eigenvalue weighted by molar-refractivity contribution is -0.116. The monoisotopic (exact) mass is 370 g/mol. The van der Waals surface area contributed by atoms with Crippen molar-refractivity contribution < 1.29 is 4.79 Å². The van der Waals surface area contributed by atoms with Crippen molar-refractivity contribution in [2.45, 2.75) is 12.8 Å². The lowest BCUT2D eigenvalue weighted by atomic mass is 10.1. The smallest absolute Gasteiger partial charge is 0.225 e. The Morgan fingerprint density at radius 3 is 2.52 bits per heavy atom. The molecule has 2 aromatic carbocycles. The summed E-state index contributed by atoms with van der Waals surface area (Å²) >= 11 is 17.8. The van der Waals surface area contributed by atoms with Crippen LogP contribution in [0.4, 0.5) is 5.69 Å². The van der Waals surface area contributed by atoms with Gasteiger partial charge in [-0.25, -0.2) is 0 Å². The number of hydrogen-bond donors (Lipinski definition) is 2. The molecule has 0 saturated carbocycles. The van der Waals surface area contributed by atoms with Crippen LogP contribution in [-0.4, -0.2) is 19.0 Å². The van der Waals surface area contributed by atoms with E-state index in [0.717, 1.165) is 18.0 Å². The second-order valence-electron chi connectivity index (χ2n) is 5.05. The van der Waals surface area contributed by atoms with E-state index >= 15 is 0 Å². The third-order valence-corrected chi connectivity index (χ3v) is 4.01. The molecule has 23 heavy (non-hydrogen) atoms. The molecule has 0 aliphatic rings. The molecule has 2 rings (SSSR count). The standard InChI is InChI=1S/C17H17Cl3N2O/c18-13-3-1-2-12(10-13)6-8-21-9-7-17(23)22-16-11-14(19)4-5-15(16)20/h1-5,10-11,21H,6-9H2,(H,22,23). The highest BCUT2D eigenvalue weighted by atomic mass is 35.5. The Bertz CT molecular complexity index is 677. The molecule has 0 spiro atoms. The van der Waals surface area contributed by atoms with E-state index in [1.807, 2.05) is 24.3 Å². The summed E-state index contributed by atoms with van der Waals surface area (Å²) in [5.41, 5.74) is 1.70. The van der Waals surface area contributed by atoms with Crippen LogP contribution in [0.3, 0.4) is 0 Å². The second kappa shape index (κ2) is 9.14. The maximum absolute atomic E-state index is 11.9. The molecule has 3 nitrogen and oxygen atoms in total. The van der Waals surface area contributed by atoms with Gasteiger partial charge in [-0.2, -0.15) is 0 Å². The highest BCUT2D eigenvalue weighted by molar-refractivity contribution is 6.35. The van der Waals surface area contributed by atoms with Gasteiger partial charge in [0.25, 0.3) is 0 Å². The van der Waals surface area contributed by atoms with E-state index in [-0.39, 0.29) is 5.91 Å². The van der Waals surface area contributed by atoms with Gasteiger partial charge in [-0.3, -0.25) is 4.79 Å². The van der Waals surface area contributed by atoms with Gasteiger partial charge < -0.3 is 10.6 Å². The van der Waals surface area contributed by atoms with E-state index in [1.54, 1.807) is 18.2 Å². The molecule has 0 saturated heterocycles. The molecule has 0 radical (unpaired) electrons. The van der Waals surface area contributed by atoms with E-state index in [4.69, 9.17) is 34.8 Å². The van der Waals surface area contributed by atoms with E-state index in [2.05, 4.69) is 10.6 Å². The topological polar surface area (TPSA) is 41.1 Å². The SMILES string of the molecule is O=C(CCNCCc1cccc(Cl)c1)Nc1cc(Cl)ccc1Cl. The van der Waals surface area contributed by atoms with Gasteiger partial charge in [0.05, 0.1) is 10.7 Å². The van der Waals surface area contributed by atoms with Crippen molar-refractivity contribution in [3.63, 3.8) is 0 Å². The maximum Gasteiger partial charge on any atom is 0.225 e. The van der Waals surface area contributed by atoms with Gasteiger partial charge >= 0.3 is 0 Å². The molecule has 2 aromatic rings. The number of rotatable bonds is 7. The lowest BCUT2D eigenvalue weighted by Gasteiger charge is -2.08. The number of anilines is 1. The summed E-state index contributed by atoms with van der Waals surface area (Å²) in [6, 6.07) is 12.7. The van der Waals surface area contributed by atoms with Crippen molar-refractivity contribution in [3.8, 4) is 0 Å². The van der Waals surface area contributed by atoms with Crippen LogP contribution in [0, 0.1) is 0 Å². The minimum atomic E-state index is -0.107. The van der Waals surface area contributed by atoms with Crippen LogP contribution in [0.15, 0.2) is 42.5 Å². The first kappa shape index (κ1) is 18.1. The Morgan fingerprint density at radius 1 is 0.957 bits per heavy atom. The Hall–Kier alpha value is -1.26. The van der Waals surface area contributed by atoms with Gasteiger partial charge in [0.1, 0.15) is 0 Å². The summed E-state index contributed by atoms with van der Waals surface area (Å²) in [5, 5.41) is 7.72. The van der Waals surface area contributed by atoms with Gasteiger partial charge in [0.2, 0.25) is 5.91 Å². The van der Waals surface area contributed by atoms with Crippen molar-refractivity contribution >= 4 is 46.4 Å². The van der Waals surface area contributed by atoms with E-state index in [0.29, 0.717) is 28.7 Å². The number of nitrogens with one attached hydrogen (secondary N) is 2. The third-order valence-electron chi connectivity index (χ3n) is 3.21. The van der Waals surface area contributed by atoms with Crippen LogP contribution in [-0.2, 0) is 11.2 Å². The molecule has 0 atom stereocenters. The number of carbonyl (C=O) groups is 1. The molecule has 6 heteroatoms. The summed E-state index contributed by atoms with van der Waals surface area (Å²) in [6.07, 6.45) is 1.22. The normalized spacial score (nSPS) is 10.6. The van der Waals surface area contributed by atoms with Gasteiger partial charge in [0, 0.05) is 23.0 Å². The summed E-state index contributed by atoms with van der Waals surface area (Å²) in [5.74, 6) is -0.107. The zero-order valence-electron chi connectivity index (χ0n) is 12.4. The summed E-state index contributed by atoms with van der Waals surface area (Å²) < 4.78 is 0. The largest absolute Gasteiger partial charge is 0.325 e. The van der Waals surface area contributed by atoms with Crippen LogP contribution in [0.25, 0.3) is 0 Å². The van der Waals surface area contributed by atoms with Crippen molar-refractivity contribution in [2.75, 3.05) is 18.4 Å². The molecule has 1 amide bonds. The van der Waals surface area contributed by atoms with Crippen molar-refractivity contribution in [2.24, 2.45) is 0 Å². The fourth-order valence-corrected chi connectivity index (χ4v) is 2.61. The zero-order valence-corrected chi connectivity index (χ0v) is 14.7. The van der Waals surface area contributed by atoms with E-state index < -0.39 is 0 Å². The molecule has 2 N–H and O–H groups in total. The van der Waals surface area contributed by atoms with Crippen LogP contribution >= 0.6 is 34.8 Å². The lowest BCUT2D eigenvalue weighted by Crippen LogP contribution is -2.23. The van der Waals surface area contributed by atoms with Crippen molar-refractivity contribution in [1.82, 2.24) is 5.32 Å². The molecular formula is C17H17Cl3N2O. The third kappa shape index (κ3) is 6.40. The fraction of sp³-hybridized carbons (Fsp3) is 0.235. The van der Waals surface area contributed by atoms with E-state index in [1.165, 1.54) is 5.56 Å². The second-order valence-corrected chi connectivity index (χ2v) is 6.33. The van der Waals surface area contributed by atoms with Gasteiger partial charge in [-0.15, -0.1) is 0 Å². The number of halogens is 3.